The number of nitrogens with one attached hydrogen (secondary N) is 1. The largest absolute Gasteiger partial charge is 0.352 e. The van der Waals surface area contributed by atoms with Crippen LogP contribution in [0.4, 0.5) is 10.1 Å². The Hall–Kier alpha value is -3.14. The molecule has 11 heteroatoms. The van der Waals surface area contributed by atoms with Crippen LogP contribution in [0.2, 0.25) is 10.0 Å². The molecule has 0 aliphatic rings. The van der Waals surface area contributed by atoms with E-state index in [2.05, 4.69) is 5.32 Å². The Balaban J connectivity index is 2.05. The Morgan fingerprint density at radius 1 is 0.974 bits per heavy atom. The fourth-order valence-electron chi connectivity index (χ4n) is 3.77. The molecule has 2 atom stereocenters. The van der Waals surface area contributed by atoms with Crippen LogP contribution in [-0.4, -0.2) is 43.8 Å². The Kier molecular flexibility index (Phi) is 10.4. The van der Waals surface area contributed by atoms with Crippen molar-refractivity contribution in [2.75, 3.05) is 10.8 Å². The van der Waals surface area contributed by atoms with Gasteiger partial charge in [0.05, 0.1) is 10.6 Å². The summed E-state index contributed by atoms with van der Waals surface area (Å²) < 4.78 is 42.9. The van der Waals surface area contributed by atoms with Gasteiger partial charge >= 0.3 is 0 Å². The fourth-order valence-corrected chi connectivity index (χ4v) is 5.68. The maximum Gasteiger partial charge on any atom is 0.264 e. The Labute approximate surface area is 238 Å². The third kappa shape index (κ3) is 7.50. The molecule has 0 bridgehead atoms. The summed E-state index contributed by atoms with van der Waals surface area (Å²) in [5.41, 5.74) is 0.205. The van der Waals surface area contributed by atoms with Gasteiger partial charge in [-0.05, 0) is 62.2 Å². The summed E-state index contributed by atoms with van der Waals surface area (Å²) in [6.45, 7) is 4.41. The molecule has 0 fully saturated rings. The minimum atomic E-state index is -4.36. The van der Waals surface area contributed by atoms with Crippen molar-refractivity contribution in [3.63, 3.8) is 0 Å². The van der Waals surface area contributed by atoms with Crippen LogP contribution < -0.4 is 9.62 Å². The highest BCUT2D eigenvalue weighted by Gasteiger charge is 2.34. The number of nitrogens with zero attached hydrogens (tertiary/aromatic N) is 2. The van der Waals surface area contributed by atoms with Crippen molar-refractivity contribution >= 4 is 50.7 Å². The molecule has 39 heavy (non-hydrogen) atoms. The average molecular weight is 595 g/mol. The van der Waals surface area contributed by atoms with E-state index < -0.39 is 40.2 Å². The zero-order valence-corrected chi connectivity index (χ0v) is 24.1. The molecule has 0 saturated carbocycles. The van der Waals surface area contributed by atoms with Gasteiger partial charge in [0.15, 0.2) is 0 Å². The van der Waals surface area contributed by atoms with E-state index in [0.29, 0.717) is 17.0 Å². The van der Waals surface area contributed by atoms with Gasteiger partial charge in [0.25, 0.3) is 10.0 Å². The molecule has 0 unspecified atom stereocenters. The van der Waals surface area contributed by atoms with Gasteiger partial charge in [0.1, 0.15) is 18.4 Å². The molecule has 7 nitrogen and oxygen atoms in total. The fraction of sp³-hybridized carbons (Fsp3) is 0.286. The molecule has 0 aromatic heterocycles. The van der Waals surface area contributed by atoms with E-state index >= 15 is 0 Å². The smallest absolute Gasteiger partial charge is 0.264 e. The highest BCUT2D eigenvalue weighted by Crippen LogP contribution is 2.28. The summed E-state index contributed by atoms with van der Waals surface area (Å²) in [7, 11) is -4.36. The summed E-state index contributed by atoms with van der Waals surface area (Å²) in [4.78, 5) is 28.0. The van der Waals surface area contributed by atoms with Gasteiger partial charge in [-0.25, -0.2) is 12.8 Å². The van der Waals surface area contributed by atoms with Gasteiger partial charge < -0.3 is 10.2 Å². The van der Waals surface area contributed by atoms with Crippen LogP contribution in [0.15, 0.2) is 77.7 Å². The summed E-state index contributed by atoms with van der Waals surface area (Å²) in [5.74, 6) is -1.97. The average Bonchev–Trinajstić information content (AvgIpc) is 2.91. The van der Waals surface area contributed by atoms with Crippen LogP contribution in [-0.2, 0) is 26.2 Å². The molecule has 0 aliphatic heterocycles. The topological polar surface area (TPSA) is 86.8 Å². The predicted octanol–water partition coefficient (Wildman–Crippen LogP) is 5.66. The van der Waals surface area contributed by atoms with Gasteiger partial charge in [-0.2, -0.15) is 0 Å². The number of anilines is 1. The lowest BCUT2D eigenvalue weighted by atomic mass is 10.1. The molecule has 2 amide bonds. The number of benzene rings is 3. The third-order valence-corrected chi connectivity index (χ3v) is 8.62. The first-order valence-corrected chi connectivity index (χ1v) is 14.5. The molecule has 3 aromatic carbocycles. The number of sulfonamides is 1. The maximum absolute atomic E-state index is 14.9. The molecule has 0 saturated heterocycles. The van der Waals surface area contributed by atoms with Crippen molar-refractivity contribution < 1.29 is 22.4 Å². The van der Waals surface area contributed by atoms with Crippen molar-refractivity contribution in [1.29, 1.82) is 0 Å². The first-order valence-electron chi connectivity index (χ1n) is 12.3. The molecule has 1 N–H and O–H groups in total. The molecular formula is C28H30Cl2FN3O4S. The van der Waals surface area contributed by atoms with Crippen molar-refractivity contribution in [2.45, 2.75) is 50.7 Å². The number of carbonyl (C=O) groups excluding carboxylic acids is 2. The zero-order valence-electron chi connectivity index (χ0n) is 21.8. The zero-order chi connectivity index (χ0) is 28.7. The number of carbonyl (C=O) groups is 2. The minimum absolute atomic E-state index is 0.111. The highest BCUT2D eigenvalue weighted by molar-refractivity contribution is 7.92. The van der Waals surface area contributed by atoms with Gasteiger partial charge in [-0.3, -0.25) is 13.9 Å². The van der Waals surface area contributed by atoms with Gasteiger partial charge in [0, 0.05) is 22.6 Å². The minimum Gasteiger partial charge on any atom is -0.352 e. The molecule has 208 valence electrons. The quantitative estimate of drug-likeness (QED) is 0.311. The number of hydrogen-bond donors (Lipinski definition) is 1. The number of rotatable bonds is 11. The monoisotopic (exact) mass is 593 g/mol. The van der Waals surface area contributed by atoms with Crippen LogP contribution in [0.3, 0.4) is 0 Å². The highest BCUT2D eigenvalue weighted by atomic mass is 35.5. The number of para-hydroxylation sites is 1. The molecule has 3 aromatic rings. The summed E-state index contributed by atoms with van der Waals surface area (Å²) >= 11 is 12.4. The number of halogens is 3. The predicted molar refractivity (Wildman–Crippen MR) is 152 cm³/mol. The van der Waals surface area contributed by atoms with Gasteiger partial charge in [-0.15, -0.1) is 0 Å². The first-order chi connectivity index (χ1) is 18.4. The van der Waals surface area contributed by atoms with Gasteiger partial charge in [-0.1, -0.05) is 66.5 Å². The van der Waals surface area contributed by atoms with Crippen LogP contribution in [0.25, 0.3) is 0 Å². The van der Waals surface area contributed by atoms with E-state index in [1.807, 2.05) is 13.8 Å². The standard InChI is InChI=1S/C28H30Cl2FN3O4S/c1-4-19(2)32-28(36)20(3)33(17-21-14-15-22(29)16-24(21)30)27(35)18-34(26-13-9-8-12-25(26)31)39(37,38)23-10-6-5-7-11-23/h5-16,19-20H,4,17-18H2,1-3H3,(H,32,36)/t19-,20+/m0/s1. The molecule has 0 spiro atoms. The number of hydrogen-bond acceptors (Lipinski definition) is 4. The Morgan fingerprint density at radius 2 is 1.62 bits per heavy atom. The Morgan fingerprint density at radius 3 is 2.23 bits per heavy atom. The van der Waals surface area contributed by atoms with Gasteiger partial charge in [0.2, 0.25) is 11.8 Å². The third-order valence-electron chi connectivity index (χ3n) is 6.26. The van der Waals surface area contributed by atoms with Crippen molar-refractivity contribution in [3.05, 3.63) is 94.2 Å². The van der Waals surface area contributed by atoms with E-state index in [4.69, 9.17) is 23.2 Å². The second-order valence-corrected chi connectivity index (χ2v) is 11.7. The van der Waals surface area contributed by atoms with E-state index in [1.165, 1.54) is 53.4 Å². The molecule has 0 aliphatic carbocycles. The van der Waals surface area contributed by atoms with Crippen molar-refractivity contribution in [3.8, 4) is 0 Å². The summed E-state index contributed by atoms with van der Waals surface area (Å²) in [6.07, 6.45) is 0.672. The van der Waals surface area contributed by atoms with Crippen molar-refractivity contribution in [1.82, 2.24) is 10.2 Å². The molecular weight excluding hydrogens is 564 g/mol. The lowest BCUT2D eigenvalue weighted by molar-refractivity contribution is -0.139. The second kappa shape index (κ2) is 13.3. The van der Waals surface area contributed by atoms with Crippen LogP contribution in [0.1, 0.15) is 32.8 Å². The van der Waals surface area contributed by atoms with E-state index in [9.17, 15) is 22.4 Å². The van der Waals surface area contributed by atoms with Crippen LogP contribution in [0.5, 0.6) is 0 Å². The second-order valence-electron chi connectivity index (χ2n) is 9.03. The molecule has 0 heterocycles. The summed E-state index contributed by atoms with van der Waals surface area (Å²) in [6, 6.07) is 16.3. The summed E-state index contributed by atoms with van der Waals surface area (Å²) in [5, 5.41) is 3.51. The van der Waals surface area contributed by atoms with Crippen LogP contribution in [0, 0.1) is 5.82 Å². The van der Waals surface area contributed by atoms with E-state index in [-0.39, 0.29) is 28.2 Å². The SMILES string of the molecule is CC[C@H](C)NC(=O)[C@@H](C)N(Cc1ccc(Cl)cc1Cl)C(=O)CN(c1ccccc1F)S(=O)(=O)c1ccccc1. The molecule has 3 rings (SSSR count). The van der Waals surface area contributed by atoms with E-state index in [0.717, 1.165) is 10.4 Å². The van der Waals surface area contributed by atoms with E-state index in [1.54, 1.807) is 25.1 Å². The van der Waals surface area contributed by atoms with Crippen LogP contribution >= 0.6 is 23.2 Å². The molecule has 0 radical (unpaired) electrons. The lowest BCUT2D eigenvalue weighted by Crippen LogP contribution is -2.52. The normalized spacial score (nSPS) is 12.9. The lowest BCUT2D eigenvalue weighted by Gasteiger charge is -2.32. The van der Waals surface area contributed by atoms with Crippen molar-refractivity contribution in [2.24, 2.45) is 0 Å². The Bertz CT molecular complexity index is 1420. The first kappa shape index (κ1) is 30.4. The number of amides is 2. The maximum atomic E-state index is 14.9.